The molecular formula is C9H13NO2S. The van der Waals surface area contributed by atoms with E-state index in [9.17, 15) is 4.79 Å². The van der Waals surface area contributed by atoms with Crippen molar-refractivity contribution >= 4 is 17.2 Å². The van der Waals surface area contributed by atoms with E-state index in [0.717, 1.165) is 0 Å². The molecule has 0 saturated carbocycles. The van der Waals surface area contributed by atoms with Crippen LogP contribution >= 0.6 is 11.3 Å². The quantitative estimate of drug-likeness (QED) is 0.769. The van der Waals surface area contributed by atoms with Gasteiger partial charge in [0.1, 0.15) is 0 Å². The van der Waals surface area contributed by atoms with Gasteiger partial charge in [-0.2, -0.15) is 11.3 Å². The summed E-state index contributed by atoms with van der Waals surface area (Å²) in [6.45, 7) is 3.42. The molecule has 0 aliphatic carbocycles. The predicted octanol–water partition coefficient (Wildman–Crippen LogP) is 1.25. The fourth-order valence-electron chi connectivity index (χ4n) is 0.804. The van der Waals surface area contributed by atoms with Crippen LogP contribution < -0.4 is 5.32 Å². The first kappa shape index (κ1) is 10.2. The maximum atomic E-state index is 11.4. The van der Waals surface area contributed by atoms with E-state index in [4.69, 9.17) is 5.11 Å². The highest BCUT2D eigenvalue weighted by Crippen LogP contribution is 2.06. The highest BCUT2D eigenvalue weighted by molar-refractivity contribution is 7.08. The van der Waals surface area contributed by atoms with Crippen LogP contribution in [-0.4, -0.2) is 23.2 Å². The molecule has 1 heterocycles. The Labute approximate surface area is 81.4 Å². The molecule has 0 fully saturated rings. The third kappa shape index (κ3) is 2.82. The molecule has 0 radical (unpaired) electrons. The van der Waals surface area contributed by atoms with E-state index < -0.39 is 6.10 Å². The van der Waals surface area contributed by atoms with Crippen LogP contribution in [0.2, 0.25) is 0 Å². The number of hydrogen-bond acceptors (Lipinski definition) is 3. The Balaban J connectivity index is 2.52. The van der Waals surface area contributed by atoms with Crippen LogP contribution in [0.4, 0.5) is 0 Å². The van der Waals surface area contributed by atoms with E-state index in [1.54, 1.807) is 25.3 Å². The average molecular weight is 199 g/mol. The molecular weight excluding hydrogens is 186 g/mol. The summed E-state index contributed by atoms with van der Waals surface area (Å²) in [5.74, 6) is -0.130. The summed E-state index contributed by atoms with van der Waals surface area (Å²) in [7, 11) is 0. The summed E-state index contributed by atoms with van der Waals surface area (Å²) in [6.07, 6.45) is -0.525. The standard InChI is InChI=1S/C9H13NO2S/c1-6(7(2)11)10-9(12)8-3-4-13-5-8/h3-7,11H,1-2H3,(H,10,12). The molecule has 0 spiro atoms. The fourth-order valence-corrected chi connectivity index (χ4v) is 1.44. The zero-order valence-electron chi connectivity index (χ0n) is 7.65. The molecule has 2 atom stereocenters. The summed E-state index contributed by atoms with van der Waals surface area (Å²) in [4.78, 5) is 11.4. The molecule has 0 aliphatic heterocycles. The van der Waals surface area contributed by atoms with Gasteiger partial charge in [0.15, 0.2) is 0 Å². The second-order valence-electron chi connectivity index (χ2n) is 3.01. The Kier molecular flexibility index (Phi) is 3.45. The minimum atomic E-state index is -0.525. The minimum absolute atomic E-state index is 0.130. The van der Waals surface area contributed by atoms with Crippen molar-refractivity contribution in [3.63, 3.8) is 0 Å². The van der Waals surface area contributed by atoms with E-state index in [1.165, 1.54) is 11.3 Å². The minimum Gasteiger partial charge on any atom is -0.391 e. The van der Waals surface area contributed by atoms with Gasteiger partial charge in [0.25, 0.3) is 5.91 Å². The Morgan fingerprint density at radius 2 is 2.31 bits per heavy atom. The van der Waals surface area contributed by atoms with Crippen LogP contribution in [0.15, 0.2) is 16.8 Å². The van der Waals surface area contributed by atoms with Gasteiger partial charge in [0, 0.05) is 10.9 Å². The molecule has 0 saturated heterocycles. The number of carbonyl (C=O) groups excluding carboxylic acids is 1. The number of aliphatic hydroxyl groups is 1. The van der Waals surface area contributed by atoms with Crippen LogP contribution in [0, 0.1) is 0 Å². The molecule has 1 aromatic rings. The van der Waals surface area contributed by atoms with Gasteiger partial charge in [-0.1, -0.05) is 0 Å². The normalized spacial score (nSPS) is 15.0. The highest BCUT2D eigenvalue weighted by atomic mass is 32.1. The summed E-state index contributed by atoms with van der Waals surface area (Å²) < 4.78 is 0. The zero-order valence-corrected chi connectivity index (χ0v) is 8.47. The van der Waals surface area contributed by atoms with E-state index in [0.29, 0.717) is 5.56 Å². The van der Waals surface area contributed by atoms with Gasteiger partial charge >= 0.3 is 0 Å². The number of hydrogen-bond donors (Lipinski definition) is 2. The van der Waals surface area contributed by atoms with Crippen LogP contribution in [0.5, 0.6) is 0 Å². The molecule has 2 N–H and O–H groups in total. The largest absolute Gasteiger partial charge is 0.391 e. The first-order valence-electron chi connectivity index (χ1n) is 4.12. The molecule has 2 unspecified atom stereocenters. The summed E-state index contributed by atoms with van der Waals surface area (Å²) >= 11 is 1.48. The van der Waals surface area contributed by atoms with Crippen molar-refractivity contribution in [1.82, 2.24) is 5.32 Å². The third-order valence-corrected chi connectivity index (χ3v) is 2.55. The molecule has 13 heavy (non-hydrogen) atoms. The number of thiophene rings is 1. The van der Waals surface area contributed by atoms with Crippen LogP contribution in [-0.2, 0) is 0 Å². The van der Waals surface area contributed by atoms with Crippen molar-refractivity contribution in [2.75, 3.05) is 0 Å². The topological polar surface area (TPSA) is 49.3 Å². The highest BCUT2D eigenvalue weighted by Gasteiger charge is 2.13. The van der Waals surface area contributed by atoms with Crippen molar-refractivity contribution in [3.8, 4) is 0 Å². The van der Waals surface area contributed by atoms with Gasteiger partial charge in [-0.25, -0.2) is 0 Å². The van der Waals surface area contributed by atoms with E-state index in [-0.39, 0.29) is 11.9 Å². The smallest absolute Gasteiger partial charge is 0.252 e. The SMILES string of the molecule is CC(O)C(C)NC(=O)c1ccsc1. The number of amides is 1. The van der Waals surface area contributed by atoms with Crippen molar-refractivity contribution in [3.05, 3.63) is 22.4 Å². The summed E-state index contributed by atoms with van der Waals surface area (Å²) in [6, 6.07) is 1.54. The summed E-state index contributed by atoms with van der Waals surface area (Å²) in [5.41, 5.74) is 0.650. The predicted molar refractivity (Wildman–Crippen MR) is 52.9 cm³/mol. The Hall–Kier alpha value is -0.870. The zero-order chi connectivity index (χ0) is 9.84. The Bertz CT molecular complexity index is 269. The Morgan fingerprint density at radius 1 is 1.62 bits per heavy atom. The number of aliphatic hydroxyl groups excluding tert-OH is 1. The maximum absolute atomic E-state index is 11.4. The van der Waals surface area contributed by atoms with Gasteiger partial charge in [-0.05, 0) is 25.3 Å². The van der Waals surface area contributed by atoms with Crippen molar-refractivity contribution < 1.29 is 9.90 Å². The van der Waals surface area contributed by atoms with Gasteiger partial charge in [0.05, 0.1) is 12.1 Å². The third-order valence-electron chi connectivity index (χ3n) is 1.87. The van der Waals surface area contributed by atoms with Gasteiger partial charge in [-0.3, -0.25) is 4.79 Å². The first-order valence-corrected chi connectivity index (χ1v) is 5.06. The molecule has 0 aromatic carbocycles. The molecule has 1 amide bonds. The van der Waals surface area contributed by atoms with E-state index in [1.807, 2.05) is 5.38 Å². The Morgan fingerprint density at radius 3 is 2.77 bits per heavy atom. The van der Waals surface area contributed by atoms with Crippen molar-refractivity contribution in [2.45, 2.75) is 26.0 Å². The van der Waals surface area contributed by atoms with E-state index in [2.05, 4.69) is 5.32 Å². The lowest BCUT2D eigenvalue weighted by Crippen LogP contribution is -2.39. The molecule has 3 nitrogen and oxygen atoms in total. The van der Waals surface area contributed by atoms with E-state index >= 15 is 0 Å². The fraction of sp³-hybridized carbons (Fsp3) is 0.444. The molecule has 72 valence electrons. The summed E-state index contributed by atoms with van der Waals surface area (Å²) in [5, 5.41) is 15.5. The van der Waals surface area contributed by atoms with Gasteiger partial charge < -0.3 is 10.4 Å². The van der Waals surface area contributed by atoms with Crippen LogP contribution in [0.25, 0.3) is 0 Å². The van der Waals surface area contributed by atoms with Crippen molar-refractivity contribution in [1.29, 1.82) is 0 Å². The van der Waals surface area contributed by atoms with Crippen LogP contribution in [0.1, 0.15) is 24.2 Å². The first-order chi connectivity index (χ1) is 6.11. The molecule has 1 rings (SSSR count). The van der Waals surface area contributed by atoms with Gasteiger partial charge in [0.2, 0.25) is 0 Å². The number of nitrogens with one attached hydrogen (secondary N) is 1. The second-order valence-corrected chi connectivity index (χ2v) is 3.79. The van der Waals surface area contributed by atoms with Crippen molar-refractivity contribution in [2.24, 2.45) is 0 Å². The number of rotatable bonds is 3. The molecule has 1 aromatic heterocycles. The lowest BCUT2D eigenvalue weighted by atomic mass is 10.2. The van der Waals surface area contributed by atoms with Gasteiger partial charge in [-0.15, -0.1) is 0 Å². The molecule has 4 heteroatoms. The monoisotopic (exact) mass is 199 g/mol. The lowest BCUT2D eigenvalue weighted by Gasteiger charge is -2.15. The molecule has 0 aliphatic rings. The lowest BCUT2D eigenvalue weighted by molar-refractivity contribution is 0.0874. The molecule has 0 bridgehead atoms. The average Bonchev–Trinajstić information content (AvgIpc) is 2.55. The number of carbonyl (C=O) groups is 1. The maximum Gasteiger partial charge on any atom is 0.252 e. The second kappa shape index (κ2) is 4.39. The van der Waals surface area contributed by atoms with Crippen LogP contribution in [0.3, 0.4) is 0 Å².